The summed E-state index contributed by atoms with van der Waals surface area (Å²) in [5.74, 6) is 1.03. The normalized spacial score (nSPS) is 17.0. The molecule has 2 fully saturated rings. The molecule has 1 aliphatic heterocycles. The van der Waals surface area contributed by atoms with E-state index in [2.05, 4.69) is 40.7 Å². The summed E-state index contributed by atoms with van der Waals surface area (Å²) >= 11 is 0. The first kappa shape index (κ1) is 20.4. The molecule has 0 spiro atoms. The second-order valence-electron chi connectivity index (χ2n) is 8.14. The van der Waals surface area contributed by atoms with Crippen molar-refractivity contribution in [2.45, 2.75) is 32.2 Å². The minimum absolute atomic E-state index is 0.215. The number of ether oxygens (including phenoxy) is 1. The maximum atomic E-state index is 12.6. The Hall–Kier alpha value is -3.53. The third kappa shape index (κ3) is 4.40. The van der Waals surface area contributed by atoms with E-state index < -0.39 is 0 Å². The van der Waals surface area contributed by atoms with Crippen molar-refractivity contribution in [3.63, 3.8) is 0 Å². The van der Waals surface area contributed by atoms with Crippen LogP contribution in [0.1, 0.15) is 41.0 Å². The van der Waals surface area contributed by atoms with Gasteiger partial charge in [0.15, 0.2) is 17.3 Å². The lowest BCUT2D eigenvalue weighted by atomic mass is 9.93. The number of aromatic amines is 1. The van der Waals surface area contributed by atoms with Crippen LogP contribution in [0.25, 0.3) is 11.2 Å². The van der Waals surface area contributed by atoms with Gasteiger partial charge in [0, 0.05) is 19.1 Å². The van der Waals surface area contributed by atoms with Gasteiger partial charge >= 0.3 is 0 Å². The first-order valence-electron chi connectivity index (χ1n) is 10.9. The van der Waals surface area contributed by atoms with E-state index in [1.165, 1.54) is 0 Å². The number of fused-ring (bicyclic) bond motifs is 1. The number of nitrogens with zero attached hydrogens (tertiary/aromatic N) is 5. The highest BCUT2D eigenvalue weighted by molar-refractivity contribution is 5.96. The Labute approximate surface area is 185 Å². The number of aryl methyl sites for hydroxylation is 1. The van der Waals surface area contributed by atoms with Gasteiger partial charge in [-0.25, -0.2) is 10.4 Å². The summed E-state index contributed by atoms with van der Waals surface area (Å²) in [6.07, 6.45) is 4.89. The summed E-state index contributed by atoms with van der Waals surface area (Å²) in [4.78, 5) is 31.5. The SMILES string of the molecule is Cc1cccc(/C=N/Nc2nc(N3CCOCC3)c3[nH]c(C(=O)NC4CCC4)nc3n2)c1. The predicted octanol–water partition coefficient (Wildman–Crippen LogP) is 2.23. The summed E-state index contributed by atoms with van der Waals surface area (Å²) in [5.41, 5.74) is 6.10. The molecule has 1 amide bonds. The summed E-state index contributed by atoms with van der Waals surface area (Å²) < 4.78 is 5.48. The number of hydrazone groups is 1. The molecule has 10 nitrogen and oxygen atoms in total. The monoisotopic (exact) mass is 434 g/mol. The van der Waals surface area contributed by atoms with Crippen molar-refractivity contribution in [1.29, 1.82) is 0 Å². The van der Waals surface area contributed by atoms with Crippen LogP contribution in [-0.4, -0.2) is 64.4 Å². The van der Waals surface area contributed by atoms with E-state index in [0.29, 0.717) is 49.2 Å². The summed E-state index contributed by atoms with van der Waals surface area (Å²) in [6.45, 7) is 4.65. The predicted molar refractivity (Wildman–Crippen MR) is 122 cm³/mol. The standard InChI is InChI=1S/C22H26N8O2/c1-14-4-2-5-15(12-14)13-23-29-22-27-18-17(20(28-22)30-8-10-32-11-9-30)25-19(26-18)21(31)24-16-6-3-7-16/h2,4-5,12-13,16H,3,6-11H2,1H3,(H,24,31)(H2,25,26,27,28,29)/b23-13+. The molecule has 3 aromatic rings. The van der Waals surface area contributed by atoms with Crippen LogP contribution in [0, 0.1) is 6.92 Å². The summed E-state index contributed by atoms with van der Waals surface area (Å²) in [6, 6.07) is 8.26. The van der Waals surface area contributed by atoms with Gasteiger partial charge in [-0.05, 0) is 31.7 Å². The molecule has 1 aliphatic carbocycles. The van der Waals surface area contributed by atoms with Gasteiger partial charge in [0.1, 0.15) is 5.52 Å². The molecular formula is C22H26N8O2. The molecule has 0 radical (unpaired) electrons. The van der Waals surface area contributed by atoms with Crippen molar-refractivity contribution in [3.8, 4) is 0 Å². The second kappa shape index (κ2) is 8.91. The number of H-pyrrole nitrogens is 1. The van der Waals surface area contributed by atoms with Crippen LogP contribution in [0.15, 0.2) is 29.4 Å². The summed E-state index contributed by atoms with van der Waals surface area (Å²) in [5, 5.41) is 7.30. The number of hydrogen-bond acceptors (Lipinski definition) is 8. The fourth-order valence-corrected chi connectivity index (χ4v) is 3.77. The average molecular weight is 435 g/mol. The zero-order valence-corrected chi connectivity index (χ0v) is 18.0. The Morgan fingerprint density at radius 3 is 2.84 bits per heavy atom. The number of amides is 1. The number of morpholine rings is 1. The largest absolute Gasteiger partial charge is 0.378 e. The maximum absolute atomic E-state index is 12.6. The Balaban J connectivity index is 1.43. The molecule has 3 heterocycles. The highest BCUT2D eigenvalue weighted by Gasteiger charge is 2.24. The summed E-state index contributed by atoms with van der Waals surface area (Å²) in [7, 11) is 0. The van der Waals surface area contributed by atoms with Gasteiger partial charge in [-0.15, -0.1) is 0 Å². The minimum atomic E-state index is -0.215. The number of imidazole rings is 1. The third-order valence-electron chi connectivity index (χ3n) is 5.72. The fourth-order valence-electron chi connectivity index (χ4n) is 3.77. The molecule has 2 aromatic heterocycles. The van der Waals surface area contributed by atoms with E-state index in [-0.39, 0.29) is 17.8 Å². The lowest BCUT2D eigenvalue weighted by molar-refractivity contribution is 0.0907. The van der Waals surface area contributed by atoms with Crippen LogP contribution in [0.2, 0.25) is 0 Å². The highest BCUT2D eigenvalue weighted by Crippen LogP contribution is 2.25. The van der Waals surface area contributed by atoms with Gasteiger partial charge in [0.05, 0.1) is 19.4 Å². The van der Waals surface area contributed by atoms with Crippen molar-refractivity contribution in [3.05, 3.63) is 41.2 Å². The van der Waals surface area contributed by atoms with E-state index in [1.807, 2.05) is 31.2 Å². The first-order chi connectivity index (χ1) is 15.7. The Bertz CT molecular complexity index is 1150. The van der Waals surface area contributed by atoms with Gasteiger partial charge in [-0.2, -0.15) is 15.1 Å². The number of benzene rings is 1. The van der Waals surface area contributed by atoms with Gasteiger partial charge in [0.2, 0.25) is 5.95 Å². The van der Waals surface area contributed by atoms with E-state index in [0.717, 1.165) is 30.4 Å². The van der Waals surface area contributed by atoms with Crippen LogP contribution in [0.5, 0.6) is 0 Å². The van der Waals surface area contributed by atoms with Crippen LogP contribution in [0.3, 0.4) is 0 Å². The van der Waals surface area contributed by atoms with Crippen LogP contribution in [-0.2, 0) is 4.74 Å². The minimum Gasteiger partial charge on any atom is -0.378 e. The van der Waals surface area contributed by atoms with Gasteiger partial charge < -0.3 is 19.9 Å². The molecule has 0 bridgehead atoms. The topological polar surface area (TPSA) is 120 Å². The van der Waals surface area contributed by atoms with Crippen molar-refractivity contribution >= 4 is 35.1 Å². The van der Waals surface area contributed by atoms with E-state index in [4.69, 9.17) is 4.74 Å². The van der Waals surface area contributed by atoms with E-state index >= 15 is 0 Å². The zero-order valence-electron chi connectivity index (χ0n) is 18.0. The highest BCUT2D eigenvalue weighted by atomic mass is 16.5. The molecular weight excluding hydrogens is 408 g/mol. The van der Waals surface area contributed by atoms with Crippen LogP contribution in [0.4, 0.5) is 11.8 Å². The smallest absolute Gasteiger partial charge is 0.287 e. The first-order valence-corrected chi connectivity index (χ1v) is 10.9. The van der Waals surface area contributed by atoms with E-state index in [9.17, 15) is 4.79 Å². The third-order valence-corrected chi connectivity index (χ3v) is 5.72. The maximum Gasteiger partial charge on any atom is 0.287 e. The molecule has 5 rings (SSSR count). The number of nitrogens with one attached hydrogen (secondary N) is 3. The number of rotatable bonds is 6. The number of carbonyl (C=O) groups is 1. The Kier molecular flexibility index (Phi) is 5.68. The average Bonchev–Trinajstić information content (AvgIpc) is 3.21. The molecule has 2 aliphatic rings. The number of carbonyl (C=O) groups excluding carboxylic acids is 1. The van der Waals surface area contributed by atoms with Crippen molar-refractivity contribution in [2.75, 3.05) is 36.6 Å². The van der Waals surface area contributed by atoms with Crippen molar-refractivity contribution in [1.82, 2.24) is 25.3 Å². The molecule has 3 N–H and O–H groups in total. The lowest BCUT2D eigenvalue weighted by Crippen LogP contribution is -2.39. The van der Waals surface area contributed by atoms with Crippen molar-refractivity contribution < 1.29 is 9.53 Å². The van der Waals surface area contributed by atoms with Crippen molar-refractivity contribution in [2.24, 2.45) is 5.10 Å². The lowest BCUT2D eigenvalue weighted by Gasteiger charge is -2.28. The Morgan fingerprint density at radius 1 is 1.25 bits per heavy atom. The molecule has 166 valence electrons. The number of hydrogen-bond donors (Lipinski definition) is 3. The van der Waals surface area contributed by atoms with E-state index in [1.54, 1.807) is 6.21 Å². The quantitative estimate of drug-likeness (QED) is 0.402. The molecule has 0 atom stereocenters. The Morgan fingerprint density at radius 2 is 2.09 bits per heavy atom. The fraction of sp³-hybridized carbons (Fsp3) is 0.409. The van der Waals surface area contributed by atoms with Gasteiger partial charge in [-0.1, -0.05) is 29.8 Å². The molecule has 32 heavy (non-hydrogen) atoms. The zero-order chi connectivity index (χ0) is 21.9. The van der Waals surface area contributed by atoms with Crippen LogP contribution >= 0.6 is 0 Å². The van der Waals surface area contributed by atoms with Gasteiger partial charge in [-0.3, -0.25) is 4.79 Å². The number of anilines is 2. The van der Waals surface area contributed by atoms with Gasteiger partial charge in [0.25, 0.3) is 5.91 Å². The molecule has 1 saturated heterocycles. The molecule has 0 unspecified atom stereocenters. The molecule has 1 saturated carbocycles. The second-order valence-corrected chi connectivity index (χ2v) is 8.14. The van der Waals surface area contributed by atoms with Crippen LogP contribution < -0.4 is 15.6 Å². The molecule has 1 aromatic carbocycles. The molecule has 10 heteroatoms. The number of aromatic nitrogens is 4.